The number of nitrogens with one attached hydrogen (secondary N) is 4. The first kappa shape index (κ1) is 46.1. The molecule has 8 heteroatoms. The molecule has 0 saturated heterocycles. The zero-order chi connectivity index (χ0) is 38.2. The average Bonchev–Trinajstić information content (AvgIpc) is 3.15. The number of carbonyl (C=O) groups excluding carboxylic acids is 2. The Kier molecular flexibility index (Phi) is 27.2. The van der Waals surface area contributed by atoms with Crippen molar-refractivity contribution in [3.8, 4) is 0 Å². The van der Waals surface area contributed by atoms with Crippen molar-refractivity contribution < 1.29 is 9.59 Å². The number of hydrogen-bond donors (Lipinski definition) is 4. The smallest absolute Gasteiger partial charge is 0.319 e. The average molecular weight is 735 g/mol. The Labute approximate surface area is 325 Å². The van der Waals surface area contributed by atoms with Crippen molar-refractivity contribution in [2.45, 2.75) is 149 Å². The molecule has 0 aliphatic carbocycles. The van der Waals surface area contributed by atoms with E-state index in [0.717, 1.165) is 80.8 Å². The third kappa shape index (κ3) is 25.5. The number of anilines is 2. The van der Waals surface area contributed by atoms with E-state index >= 15 is 0 Å². The minimum absolute atomic E-state index is 0.158. The second-order valence-corrected chi connectivity index (χ2v) is 15.3. The van der Waals surface area contributed by atoms with Crippen molar-refractivity contribution in [3.05, 3.63) is 59.7 Å². The molecule has 8 nitrogen and oxygen atoms in total. The van der Waals surface area contributed by atoms with Gasteiger partial charge in [-0.05, 0) is 121 Å². The summed E-state index contributed by atoms with van der Waals surface area (Å²) in [7, 11) is 4.42. The molecule has 0 atom stereocenters. The van der Waals surface area contributed by atoms with Gasteiger partial charge in [0.25, 0.3) is 0 Å². The molecule has 2 rings (SSSR count). The molecular formula is C45H78N6O2. The quantitative estimate of drug-likeness (QED) is 0.0564. The van der Waals surface area contributed by atoms with E-state index < -0.39 is 0 Å². The molecule has 0 spiro atoms. The zero-order valence-electron chi connectivity index (χ0n) is 34.4. The lowest BCUT2D eigenvalue weighted by Gasteiger charge is -2.16. The third-order valence-electron chi connectivity index (χ3n) is 10.1. The lowest BCUT2D eigenvalue weighted by atomic mass is 10.0. The van der Waals surface area contributed by atoms with E-state index in [9.17, 15) is 9.59 Å². The molecule has 0 bridgehead atoms. The van der Waals surface area contributed by atoms with E-state index in [2.05, 4.69) is 59.0 Å². The summed E-state index contributed by atoms with van der Waals surface area (Å²) < 4.78 is 0. The fraction of sp³-hybridized carbons (Fsp3) is 0.689. The monoisotopic (exact) mass is 735 g/mol. The Bertz CT molecular complexity index is 1080. The Hall–Kier alpha value is -3.10. The standard InChI is InChI=1S/C45H78N6O2/c1-5-7-9-11-13-15-17-21-35-50(3)37-23-19-33-46-44(52)48-42-29-25-40(26-30-42)39-41-27-31-43(32-28-41)49-45(53)47-34-20-24-38-51(4)36-22-18-16-14-12-10-8-6-2/h25-32H,5-24,33-39H2,1-4H3,(H2,46,48,52)(H2,47,49,53). The topological polar surface area (TPSA) is 88.7 Å². The summed E-state index contributed by atoms with van der Waals surface area (Å²) in [5, 5.41) is 11.9. The van der Waals surface area contributed by atoms with Gasteiger partial charge in [0.05, 0.1) is 0 Å². The molecule has 0 fully saturated rings. The van der Waals surface area contributed by atoms with Crippen molar-refractivity contribution in [2.75, 3.05) is 64.0 Å². The van der Waals surface area contributed by atoms with Crippen LogP contribution in [0.15, 0.2) is 48.5 Å². The Balaban J connectivity index is 1.50. The van der Waals surface area contributed by atoms with Crippen LogP contribution >= 0.6 is 0 Å². The summed E-state index contributed by atoms with van der Waals surface area (Å²) in [6.07, 6.45) is 26.6. The van der Waals surface area contributed by atoms with Crippen LogP contribution in [0.4, 0.5) is 21.0 Å². The Morgan fingerprint density at radius 1 is 0.434 bits per heavy atom. The van der Waals surface area contributed by atoms with Gasteiger partial charge in [-0.2, -0.15) is 0 Å². The van der Waals surface area contributed by atoms with Crippen LogP contribution in [0, 0.1) is 0 Å². The Morgan fingerprint density at radius 2 is 0.736 bits per heavy atom. The first-order chi connectivity index (χ1) is 25.9. The largest absolute Gasteiger partial charge is 0.338 e. The van der Waals surface area contributed by atoms with Crippen molar-refractivity contribution >= 4 is 23.4 Å². The van der Waals surface area contributed by atoms with E-state index in [1.807, 2.05) is 48.5 Å². The van der Waals surface area contributed by atoms with Gasteiger partial charge in [-0.3, -0.25) is 0 Å². The predicted octanol–water partition coefficient (Wildman–Crippen LogP) is 11.2. The Morgan fingerprint density at radius 3 is 1.08 bits per heavy atom. The molecule has 0 heterocycles. The van der Waals surface area contributed by atoms with Gasteiger partial charge >= 0.3 is 12.1 Å². The molecule has 0 aliphatic heterocycles. The van der Waals surface area contributed by atoms with Crippen LogP contribution in [0.25, 0.3) is 0 Å². The molecule has 2 aromatic carbocycles. The number of carbonyl (C=O) groups is 2. The van der Waals surface area contributed by atoms with Gasteiger partial charge in [0.1, 0.15) is 0 Å². The maximum absolute atomic E-state index is 12.4. The van der Waals surface area contributed by atoms with Crippen LogP contribution in [-0.4, -0.2) is 75.2 Å². The van der Waals surface area contributed by atoms with Gasteiger partial charge < -0.3 is 31.1 Å². The number of benzene rings is 2. The highest BCUT2D eigenvalue weighted by Crippen LogP contribution is 2.16. The summed E-state index contributed by atoms with van der Waals surface area (Å²) >= 11 is 0. The summed E-state index contributed by atoms with van der Waals surface area (Å²) in [6, 6.07) is 15.7. The second-order valence-electron chi connectivity index (χ2n) is 15.3. The number of amides is 4. The van der Waals surface area contributed by atoms with Crippen LogP contribution in [0.1, 0.15) is 153 Å². The highest BCUT2D eigenvalue weighted by atomic mass is 16.2. The van der Waals surface area contributed by atoms with Gasteiger partial charge in [-0.15, -0.1) is 0 Å². The summed E-state index contributed by atoms with van der Waals surface area (Å²) in [5.41, 5.74) is 3.89. The predicted molar refractivity (Wildman–Crippen MR) is 228 cm³/mol. The van der Waals surface area contributed by atoms with Crippen molar-refractivity contribution in [3.63, 3.8) is 0 Å². The number of nitrogens with zero attached hydrogens (tertiary/aromatic N) is 2. The fourth-order valence-corrected chi connectivity index (χ4v) is 6.67. The van der Waals surface area contributed by atoms with E-state index in [1.54, 1.807) is 0 Å². The molecule has 2 aromatic rings. The van der Waals surface area contributed by atoms with Crippen molar-refractivity contribution in [2.24, 2.45) is 0 Å². The molecular weight excluding hydrogens is 657 g/mol. The normalized spacial score (nSPS) is 11.3. The van der Waals surface area contributed by atoms with Gasteiger partial charge in [0.2, 0.25) is 0 Å². The summed E-state index contributed by atoms with van der Waals surface area (Å²) in [6.45, 7) is 10.4. The van der Waals surface area contributed by atoms with E-state index in [1.165, 1.54) is 103 Å². The molecule has 53 heavy (non-hydrogen) atoms. The molecule has 0 saturated carbocycles. The first-order valence-electron chi connectivity index (χ1n) is 21.5. The highest BCUT2D eigenvalue weighted by Gasteiger charge is 2.06. The maximum Gasteiger partial charge on any atom is 0.319 e. The van der Waals surface area contributed by atoms with Gasteiger partial charge in [-0.1, -0.05) is 128 Å². The van der Waals surface area contributed by atoms with Crippen LogP contribution in [0.2, 0.25) is 0 Å². The van der Waals surface area contributed by atoms with Crippen molar-refractivity contribution in [1.29, 1.82) is 0 Å². The molecule has 4 N–H and O–H groups in total. The first-order valence-corrected chi connectivity index (χ1v) is 21.5. The molecule has 0 aromatic heterocycles. The van der Waals surface area contributed by atoms with E-state index in [0.29, 0.717) is 13.1 Å². The van der Waals surface area contributed by atoms with Crippen molar-refractivity contribution in [1.82, 2.24) is 20.4 Å². The minimum atomic E-state index is -0.158. The van der Waals surface area contributed by atoms with Gasteiger partial charge in [0.15, 0.2) is 0 Å². The minimum Gasteiger partial charge on any atom is -0.338 e. The lowest BCUT2D eigenvalue weighted by molar-refractivity contribution is 0.250. The molecule has 4 amide bonds. The SMILES string of the molecule is CCCCCCCCCCN(C)CCCCNC(=O)Nc1ccc(Cc2ccc(NC(=O)NCCCCN(C)CCCCCCCCCC)cc2)cc1. The van der Waals surface area contributed by atoms with Crippen LogP contribution in [-0.2, 0) is 6.42 Å². The van der Waals surface area contributed by atoms with Crippen LogP contribution in [0.5, 0.6) is 0 Å². The van der Waals surface area contributed by atoms with Crippen LogP contribution < -0.4 is 21.3 Å². The molecule has 0 radical (unpaired) electrons. The summed E-state index contributed by atoms with van der Waals surface area (Å²) in [5.74, 6) is 0. The third-order valence-corrected chi connectivity index (χ3v) is 10.1. The van der Waals surface area contributed by atoms with E-state index in [4.69, 9.17) is 0 Å². The van der Waals surface area contributed by atoms with Gasteiger partial charge in [0, 0.05) is 24.5 Å². The summed E-state index contributed by atoms with van der Waals surface area (Å²) in [4.78, 5) is 29.6. The zero-order valence-corrected chi connectivity index (χ0v) is 34.4. The number of unbranched alkanes of at least 4 members (excludes halogenated alkanes) is 16. The second kappa shape index (κ2) is 31.3. The number of urea groups is 2. The molecule has 300 valence electrons. The number of rotatable bonds is 32. The van der Waals surface area contributed by atoms with Crippen LogP contribution in [0.3, 0.4) is 0 Å². The number of hydrogen-bond acceptors (Lipinski definition) is 4. The molecule has 0 aliphatic rings. The fourth-order valence-electron chi connectivity index (χ4n) is 6.67. The molecule has 0 unspecified atom stereocenters. The maximum atomic E-state index is 12.4. The lowest BCUT2D eigenvalue weighted by Crippen LogP contribution is -2.30. The van der Waals surface area contributed by atoms with E-state index in [-0.39, 0.29) is 12.1 Å². The van der Waals surface area contributed by atoms with Gasteiger partial charge in [-0.25, -0.2) is 9.59 Å². The highest BCUT2D eigenvalue weighted by molar-refractivity contribution is 5.89.